The zero-order chi connectivity index (χ0) is 19.5. The minimum absolute atomic E-state index is 0.00568. The van der Waals surface area contributed by atoms with Crippen LogP contribution in [0.25, 0.3) is 5.69 Å². The Labute approximate surface area is 161 Å². The predicted octanol–water partition coefficient (Wildman–Crippen LogP) is 3.45. The van der Waals surface area contributed by atoms with Crippen LogP contribution in [-0.4, -0.2) is 20.7 Å². The van der Waals surface area contributed by atoms with Gasteiger partial charge in [0.25, 0.3) is 0 Å². The van der Waals surface area contributed by atoms with Gasteiger partial charge >= 0.3 is 5.69 Å². The van der Waals surface area contributed by atoms with Gasteiger partial charge in [-0.3, -0.25) is 9.55 Å². The number of hydrogen-bond acceptors (Lipinski definition) is 4. The Morgan fingerprint density at radius 3 is 2.82 bits per heavy atom. The molecule has 0 amide bonds. The lowest BCUT2D eigenvalue weighted by Gasteiger charge is -2.21. The number of H-pyrrole nitrogens is 1. The van der Waals surface area contributed by atoms with Crippen molar-refractivity contribution < 1.29 is 4.39 Å². The zero-order valence-electron chi connectivity index (χ0n) is 15.3. The van der Waals surface area contributed by atoms with E-state index in [0.717, 1.165) is 17.2 Å². The summed E-state index contributed by atoms with van der Waals surface area (Å²) in [5.74, 6) is 0.349. The van der Waals surface area contributed by atoms with Crippen molar-refractivity contribution in [3.05, 3.63) is 94.4 Å². The highest BCUT2D eigenvalue weighted by Crippen LogP contribution is 2.26. The average molecular weight is 377 g/mol. The van der Waals surface area contributed by atoms with Gasteiger partial charge in [0.1, 0.15) is 11.6 Å². The van der Waals surface area contributed by atoms with Crippen molar-refractivity contribution in [3.63, 3.8) is 0 Å². The van der Waals surface area contributed by atoms with Crippen LogP contribution in [0.1, 0.15) is 36.7 Å². The summed E-state index contributed by atoms with van der Waals surface area (Å²) in [4.78, 5) is 23.9. The van der Waals surface area contributed by atoms with Crippen molar-refractivity contribution in [2.45, 2.75) is 25.3 Å². The largest absolute Gasteiger partial charge is 0.362 e. The van der Waals surface area contributed by atoms with Crippen LogP contribution in [0.5, 0.6) is 0 Å². The maximum absolute atomic E-state index is 13.3. The summed E-state index contributed by atoms with van der Waals surface area (Å²) in [6.45, 7) is 2.02. The molecule has 4 rings (SSSR count). The molecule has 28 heavy (non-hydrogen) atoms. The van der Waals surface area contributed by atoms with Crippen molar-refractivity contribution >= 4 is 6.21 Å². The number of rotatable bonds is 5. The number of benzene rings is 1. The molecule has 7 heteroatoms. The predicted molar refractivity (Wildman–Crippen MR) is 106 cm³/mol. The van der Waals surface area contributed by atoms with Gasteiger partial charge in [0.2, 0.25) is 0 Å². The quantitative estimate of drug-likeness (QED) is 0.715. The molecule has 142 valence electrons. The molecule has 2 atom stereocenters. The molecule has 0 saturated heterocycles. The first-order valence-electron chi connectivity index (χ1n) is 9.10. The molecular formula is C21H20FN5O. The smallest absolute Gasteiger partial charge is 0.330 e. The van der Waals surface area contributed by atoms with Gasteiger partial charge in [-0.05, 0) is 55.8 Å². The van der Waals surface area contributed by atoms with Gasteiger partial charge in [0, 0.05) is 24.5 Å². The Balaban J connectivity index is 1.61. The molecular weight excluding hydrogens is 357 g/mol. The van der Waals surface area contributed by atoms with Gasteiger partial charge in [-0.15, -0.1) is 0 Å². The molecule has 3 heterocycles. The summed E-state index contributed by atoms with van der Waals surface area (Å²) >= 11 is 0. The molecule has 6 nitrogen and oxygen atoms in total. The second kappa shape index (κ2) is 7.64. The molecule has 0 aliphatic carbocycles. The van der Waals surface area contributed by atoms with Crippen molar-refractivity contribution in [1.29, 1.82) is 0 Å². The molecule has 1 aliphatic rings. The molecule has 0 fully saturated rings. The molecule has 0 radical (unpaired) electrons. The fourth-order valence-electron chi connectivity index (χ4n) is 3.30. The summed E-state index contributed by atoms with van der Waals surface area (Å²) in [5.41, 5.74) is 2.09. The Bertz CT molecular complexity index is 1070. The van der Waals surface area contributed by atoms with Gasteiger partial charge in [-0.1, -0.05) is 6.07 Å². The summed E-state index contributed by atoms with van der Waals surface area (Å²) < 4.78 is 14.8. The third kappa shape index (κ3) is 3.64. The van der Waals surface area contributed by atoms with E-state index in [1.54, 1.807) is 29.1 Å². The van der Waals surface area contributed by atoms with E-state index in [-0.39, 0.29) is 23.5 Å². The third-order valence-electron chi connectivity index (χ3n) is 4.71. The van der Waals surface area contributed by atoms with E-state index in [0.29, 0.717) is 12.1 Å². The normalized spacial score (nSPS) is 17.2. The second-order valence-electron chi connectivity index (χ2n) is 6.66. The maximum atomic E-state index is 13.3. The summed E-state index contributed by atoms with van der Waals surface area (Å²) in [6.07, 6.45) is 7.97. The van der Waals surface area contributed by atoms with Crippen LogP contribution in [0.2, 0.25) is 0 Å². The highest BCUT2D eigenvalue weighted by molar-refractivity contribution is 5.63. The molecule has 1 aliphatic heterocycles. The summed E-state index contributed by atoms with van der Waals surface area (Å²) in [7, 11) is 0. The van der Waals surface area contributed by atoms with Crippen molar-refractivity contribution in [3.8, 4) is 5.69 Å². The van der Waals surface area contributed by atoms with E-state index >= 15 is 0 Å². The first kappa shape index (κ1) is 17.9. The molecule has 1 unspecified atom stereocenters. The van der Waals surface area contributed by atoms with Gasteiger partial charge in [0.05, 0.1) is 23.1 Å². The lowest BCUT2D eigenvalue weighted by molar-refractivity contribution is 0.618. The fraction of sp³-hybridized carbons (Fsp3) is 0.190. The fourth-order valence-corrected chi connectivity index (χ4v) is 3.30. The van der Waals surface area contributed by atoms with Crippen LogP contribution in [0.4, 0.5) is 4.39 Å². The average Bonchev–Trinajstić information content (AvgIpc) is 3.11. The number of nitrogens with zero attached hydrogens (tertiary/aromatic N) is 3. The molecule has 0 spiro atoms. The number of hydrogen-bond donors (Lipinski definition) is 2. The van der Waals surface area contributed by atoms with E-state index in [4.69, 9.17) is 0 Å². The van der Waals surface area contributed by atoms with E-state index in [1.165, 1.54) is 12.1 Å². The van der Waals surface area contributed by atoms with Crippen molar-refractivity contribution in [2.24, 2.45) is 4.99 Å². The van der Waals surface area contributed by atoms with Gasteiger partial charge in [-0.2, -0.15) is 0 Å². The van der Waals surface area contributed by atoms with E-state index in [2.05, 4.69) is 20.3 Å². The molecule has 1 aromatic carbocycles. The number of imidazole rings is 1. The minimum atomic E-state index is -0.339. The number of aliphatic imine (C=N–C) groups is 1. The molecule has 0 bridgehead atoms. The topological polar surface area (TPSA) is 75.1 Å². The number of aromatic amines is 1. The highest BCUT2D eigenvalue weighted by atomic mass is 19.1. The molecule has 2 N–H and O–H groups in total. The van der Waals surface area contributed by atoms with Crippen LogP contribution in [0.3, 0.4) is 0 Å². The maximum Gasteiger partial charge on any atom is 0.330 e. The lowest BCUT2D eigenvalue weighted by atomic mass is 10.00. The Kier molecular flexibility index (Phi) is 4.89. The Hall–Kier alpha value is -3.48. The third-order valence-corrected chi connectivity index (χ3v) is 4.71. The molecule has 2 aromatic heterocycles. The number of halogens is 1. The standard InChI is InChI=1S/C21H20FN5O/c1-14(18-4-2-3-10-23-18)26-20-12-15(9-11-24-20)19-13-25-21(28)27(19)17-7-5-16(22)6-8-17/h2-8,10-15,26H,9H2,1H3,(H,25,28)/t14-,15?/m0/s1. The number of pyridine rings is 1. The van der Waals surface area contributed by atoms with Gasteiger partial charge < -0.3 is 10.3 Å². The SMILES string of the molecule is C[C@H](NC1=CC(c2c[nH]c(=O)n2-c2ccc(F)cc2)CC=N1)c1ccccn1. The van der Waals surface area contributed by atoms with Gasteiger partial charge in [-0.25, -0.2) is 14.2 Å². The number of allylic oxidation sites excluding steroid dienone is 1. The van der Waals surface area contributed by atoms with Crippen LogP contribution in [0.15, 0.2) is 76.5 Å². The number of nitrogens with one attached hydrogen (secondary N) is 2. The summed E-state index contributed by atoms with van der Waals surface area (Å²) in [5, 5.41) is 3.36. The monoisotopic (exact) mass is 377 g/mol. The van der Waals surface area contributed by atoms with Crippen LogP contribution < -0.4 is 11.0 Å². The molecule has 3 aromatic rings. The van der Waals surface area contributed by atoms with Crippen LogP contribution >= 0.6 is 0 Å². The van der Waals surface area contributed by atoms with Crippen molar-refractivity contribution in [2.75, 3.05) is 0 Å². The highest BCUT2D eigenvalue weighted by Gasteiger charge is 2.20. The van der Waals surface area contributed by atoms with Gasteiger partial charge in [0.15, 0.2) is 0 Å². The first-order valence-corrected chi connectivity index (χ1v) is 9.10. The second-order valence-corrected chi connectivity index (χ2v) is 6.66. The van der Waals surface area contributed by atoms with E-state index < -0.39 is 0 Å². The number of aromatic nitrogens is 3. The Morgan fingerprint density at radius 1 is 1.25 bits per heavy atom. The first-order chi connectivity index (χ1) is 13.6. The van der Waals surface area contributed by atoms with Crippen molar-refractivity contribution in [1.82, 2.24) is 19.9 Å². The van der Waals surface area contributed by atoms with E-state index in [9.17, 15) is 9.18 Å². The molecule has 0 saturated carbocycles. The van der Waals surface area contributed by atoms with Crippen LogP contribution in [0, 0.1) is 5.82 Å². The summed E-state index contributed by atoms with van der Waals surface area (Å²) in [6, 6.07) is 11.7. The Morgan fingerprint density at radius 2 is 2.07 bits per heavy atom. The minimum Gasteiger partial charge on any atom is -0.362 e. The lowest BCUT2D eigenvalue weighted by Crippen LogP contribution is -2.22. The zero-order valence-corrected chi connectivity index (χ0v) is 15.3. The van der Waals surface area contributed by atoms with Crippen LogP contribution in [-0.2, 0) is 0 Å². The van der Waals surface area contributed by atoms with E-state index in [1.807, 2.05) is 37.4 Å².